The van der Waals surface area contributed by atoms with Gasteiger partial charge in [0.25, 0.3) is 0 Å². The van der Waals surface area contributed by atoms with Crippen LogP contribution >= 0.6 is 0 Å². The number of oxazole rings is 1. The van der Waals surface area contributed by atoms with Gasteiger partial charge in [0.15, 0.2) is 5.76 Å². The second kappa shape index (κ2) is 6.68. The predicted octanol–water partition coefficient (Wildman–Crippen LogP) is 2.00. The number of benzene rings is 1. The maximum Gasteiger partial charge on any atom is 0.317 e. The number of carboxylic acids is 1. The molecule has 5 nitrogen and oxygen atoms in total. The largest absolute Gasteiger partial charge is 0.480 e. The first-order valence-electron chi connectivity index (χ1n) is 6.16. The van der Waals surface area contributed by atoms with Gasteiger partial charge >= 0.3 is 5.97 Å². The lowest BCUT2D eigenvalue weighted by Gasteiger charge is -2.14. The first-order chi connectivity index (χ1) is 10.1. The fourth-order valence-corrected chi connectivity index (χ4v) is 1.81. The zero-order chi connectivity index (χ0) is 15.2. The number of hydrogen-bond acceptors (Lipinski definition) is 4. The van der Waals surface area contributed by atoms with Crippen LogP contribution in [-0.4, -0.2) is 34.0 Å². The minimum Gasteiger partial charge on any atom is -0.480 e. The maximum absolute atomic E-state index is 12.9. The molecule has 0 aliphatic heterocycles. The normalized spacial score (nSPS) is 10.5. The highest BCUT2D eigenvalue weighted by Crippen LogP contribution is 2.21. The smallest absolute Gasteiger partial charge is 0.317 e. The van der Waals surface area contributed by atoms with E-state index in [0.29, 0.717) is 17.2 Å². The van der Waals surface area contributed by atoms with Crippen molar-refractivity contribution in [3.05, 3.63) is 42.2 Å². The number of carbonyl (C=O) groups is 1. The van der Waals surface area contributed by atoms with Crippen molar-refractivity contribution in [2.24, 2.45) is 0 Å². The number of rotatable bonds is 6. The van der Waals surface area contributed by atoms with E-state index in [1.165, 1.54) is 23.2 Å². The molecule has 1 aromatic heterocycles. The van der Waals surface area contributed by atoms with Crippen molar-refractivity contribution in [3.8, 4) is 23.7 Å². The average Bonchev–Trinajstić information content (AvgIpc) is 2.87. The summed E-state index contributed by atoms with van der Waals surface area (Å²) < 4.78 is 18.4. The monoisotopic (exact) mass is 288 g/mol. The minimum atomic E-state index is -0.976. The molecule has 1 heterocycles. The van der Waals surface area contributed by atoms with Crippen LogP contribution in [0.2, 0.25) is 0 Å². The molecule has 2 rings (SSSR count). The summed E-state index contributed by atoms with van der Waals surface area (Å²) in [5.41, 5.74) is 0.692. The van der Waals surface area contributed by atoms with Gasteiger partial charge in [-0.15, -0.1) is 6.42 Å². The first-order valence-corrected chi connectivity index (χ1v) is 6.16. The third-order valence-corrected chi connectivity index (χ3v) is 2.71. The van der Waals surface area contributed by atoms with Gasteiger partial charge in [0.2, 0.25) is 5.89 Å². The lowest BCUT2D eigenvalue weighted by molar-refractivity contribution is -0.138. The fourth-order valence-electron chi connectivity index (χ4n) is 1.81. The summed E-state index contributed by atoms with van der Waals surface area (Å²) in [5, 5.41) is 8.80. The molecule has 108 valence electrons. The molecule has 21 heavy (non-hydrogen) atoms. The Morgan fingerprint density at radius 1 is 1.43 bits per heavy atom. The Labute approximate surface area is 121 Å². The summed E-state index contributed by atoms with van der Waals surface area (Å²) in [6, 6.07) is 5.81. The van der Waals surface area contributed by atoms with E-state index in [9.17, 15) is 9.18 Å². The quantitative estimate of drug-likeness (QED) is 0.823. The molecule has 0 saturated carbocycles. The van der Waals surface area contributed by atoms with Crippen molar-refractivity contribution in [3.63, 3.8) is 0 Å². The molecule has 1 N–H and O–H groups in total. The summed E-state index contributed by atoms with van der Waals surface area (Å²) in [4.78, 5) is 16.3. The highest BCUT2D eigenvalue weighted by molar-refractivity contribution is 5.69. The molecule has 0 radical (unpaired) electrons. The number of carboxylic acid groups (broad SMARTS) is 1. The Balaban J connectivity index is 2.10. The molecule has 0 aliphatic carbocycles. The molecule has 0 spiro atoms. The molecule has 0 atom stereocenters. The van der Waals surface area contributed by atoms with E-state index in [2.05, 4.69) is 10.9 Å². The zero-order valence-electron chi connectivity index (χ0n) is 11.1. The third-order valence-electron chi connectivity index (χ3n) is 2.71. The van der Waals surface area contributed by atoms with Crippen LogP contribution in [0.1, 0.15) is 5.89 Å². The summed E-state index contributed by atoms with van der Waals surface area (Å²) in [6.45, 7) is 0.177. The molecule has 0 unspecified atom stereocenters. The lowest BCUT2D eigenvalue weighted by Crippen LogP contribution is -2.29. The molecule has 0 amide bonds. The number of nitrogens with zero attached hydrogens (tertiary/aromatic N) is 2. The van der Waals surface area contributed by atoms with Crippen molar-refractivity contribution >= 4 is 5.97 Å². The second-order valence-electron chi connectivity index (χ2n) is 4.37. The van der Waals surface area contributed by atoms with Gasteiger partial charge in [0.1, 0.15) is 5.82 Å². The van der Waals surface area contributed by atoms with Crippen molar-refractivity contribution in [1.29, 1.82) is 0 Å². The van der Waals surface area contributed by atoms with Crippen molar-refractivity contribution < 1.29 is 18.7 Å². The first kappa shape index (κ1) is 14.8. The number of terminal acetylenes is 1. The Bertz CT molecular complexity index is 658. The molecular weight excluding hydrogens is 275 g/mol. The number of aliphatic carboxylic acids is 1. The van der Waals surface area contributed by atoms with E-state index >= 15 is 0 Å². The Morgan fingerprint density at radius 2 is 2.14 bits per heavy atom. The molecule has 0 fully saturated rings. The van der Waals surface area contributed by atoms with Gasteiger partial charge in [-0.2, -0.15) is 0 Å². The predicted molar refractivity (Wildman–Crippen MR) is 73.6 cm³/mol. The Morgan fingerprint density at radius 3 is 2.76 bits per heavy atom. The van der Waals surface area contributed by atoms with Crippen LogP contribution in [0.5, 0.6) is 0 Å². The minimum absolute atomic E-state index is 0.181. The number of aromatic nitrogens is 1. The standard InChI is InChI=1S/C15H13FN2O3/c1-2-7-18(10-15(19)20)9-14-17-8-13(21-14)11-3-5-12(16)6-4-11/h1,3-6,8H,7,9-10H2,(H,19,20). The van der Waals surface area contributed by atoms with E-state index in [0.717, 1.165) is 0 Å². The molecule has 0 saturated heterocycles. The van der Waals surface area contributed by atoms with Crippen molar-refractivity contribution in [1.82, 2.24) is 9.88 Å². The van der Waals surface area contributed by atoms with E-state index < -0.39 is 5.97 Å². The molecule has 1 aromatic carbocycles. The zero-order valence-corrected chi connectivity index (χ0v) is 11.1. The SMILES string of the molecule is C#CCN(CC(=O)O)Cc1ncc(-c2ccc(F)cc2)o1. The van der Waals surface area contributed by atoms with Crippen LogP contribution in [0, 0.1) is 18.2 Å². The highest BCUT2D eigenvalue weighted by atomic mass is 19.1. The molecular formula is C15H13FN2O3. The number of hydrogen-bond donors (Lipinski definition) is 1. The van der Waals surface area contributed by atoms with Crippen LogP contribution in [0.3, 0.4) is 0 Å². The summed E-state index contributed by atoms with van der Waals surface area (Å²) >= 11 is 0. The molecule has 0 aliphatic rings. The van der Waals surface area contributed by atoms with E-state index in [-0.39, 0.29) is 25.5 Å². The second-order valence-corrected chi connectivity index (χ2v) is 4.37. The van der Waals surface area contributed by atoms with E-state index in [1.807, 2.05) is 0 Å². The van der Waals surface area contributed by atoms with Crippen molar-refractivity contribution in [2.45, 2.75) is 6.54 Å². The van der Waals surface area contributed by atoms with Crippen LogP contribution in [0.25, 0.3) is 11.3 Å². The van der Waals surface area contributed by atoms with Gasteiger partial charge in [0.05, 0.1) is 25.8 Å². The molecule has 2 aromatic rings. The summed E-state index contributed by atoms with van der Waals surface area (Å²) in [6.07, 6.45) is 6.71. The van der Waals surface area contributed by atoms with Gasteiger partial charge in [-0.05, 0) is 24.3 Å². The molecule has 6 heteroatoms. The Kier molecular flexibility index (Phi) is 4.69. The molecule has 0 bridgehead atoms. The number of halogens is 1. The van der Waals surface area contributed by atoms with Crippen LogP contribution in [-0.2, 0) is 11.3 Å². The van der Waals surface area contributed by atoms with Gasteiger partial charge in [0, 0.05) is 5.56 Å². The van der Waals surface area contributed by atoms with Crippen LogP contribution < -0.4 is 0 Å². The maximum atomic E-state index is 12.9. The van der Waals surface area contributed by atoms with Gasteiger partial charge in [-0.3, -0.25) is 9.69 Å². The van der Waals surface area contributed by atoms with Gasteiger partial charge < -0.3 is 9.52 Å². The third kappa shape index (κ3) is 4.16. The summed E-state index contributed by atoms with van der Waals surface area (Å²) in [7, 11) is 0. The lowest BCUT2D eigenvalue weighted by atomic mass is 10.2. The van der Waals surface area contributed by atoms with Crippen LogP contribution in [0.4, 0.5) is 4.39 Å². The van der Waals surface area contributed by atoms with Gasteiger partial charge in [-0.25, -0.2) is 9.37 Å². The summed E-state index contributed by atoms with van der Waals surface area (Å²) in [5.74, 6) is 1.92. The topological polar surface area (TPSA) is 66.6 Å². The average molecular weight is 288 g/mol. The van der Waals surface area contributed by atoms with Crippen molar-refractivity contribution in [2.75, 3.05) is 13.1 Å². The Hall–Kier alpha value is -2.65. The van der Waals surface area contributed by atoms with Gasteiger partial charge in [-0.1, -0.05) is 5.92 Å². The van der Waals surface area contributed by atoms with E-state index in [1.54, 1.807) is 12.1 Å². The fraction of sp³-hybridized carbons (Fsp3) is 0.200. The van der Waals surface area contributed by atoms with E-state index in [4.69, 9.17) is 15.9 Å². The highest BCUT2D eigenvalue weighted by Gasteiger charge is 2.13. The van der Waals surface area contributed by atoms with Crippen LogP contribution in [0.15, 0.2) is 34.9 Å².